The molecule has 5 rings (SSSR count). The van der Waals surface area contributed by atoms with Crippen molar-refractivity contribution < 1.29 is 0 Å². The van der Waals surface area contributed by atoms with Gasteiger partial charge in [0, 0.05) is 30.4 Å². The zero-order valence-corrected chi connectivity index (χ0v) is 12.6. The summed E-state index contributed by atoms with van der Waals surface area (Å²) in [6, 6.07) is 5.43. The lowest BCUT2D eigenvalue weighted by molar-refractivity contribution is 0.894. The molecule has 0 amide bonds. The summed E-state index contributed by atoms with van der Waals surface area (Å²) >= 11 is 0. The normalized spacial score (nSPS) is 11.4. The highest BCUT2D eigenvalue weighted by Gasteiger charge is 2.13. The largest absolute Gasteiger partial charge is 0.268 e. The molecule has 25 heavy (non-hydrogen) atoms. The van der Waals surface area contributed by atoms with Crippen LogP contribution in [0.2, 0.25) is 0 Å². The zero-order chi connectivity index (χ0) is 16.8. The predicted molar refractivity (Wildman–Crippen MR) is 87.1 cm³/mol. The molecule has 0 saturated heterocycles. The number of nitrogens with zero attached hydrogens (tertiary/aromatic N) is 8. The highest BCUT2D eigenvalue weighted by atomic mass is 16.1. The van der Waals surface area contributed by atoms with Crippen molar-refractivity contribution in [1.29, 1.82) is 0 Å². The molecule has 0 fully saturated rings. The first kappa shape index (κ1) is 13.5. The third-order valence-corrected chi connectivity index (χ3v) is 3.78. The van der Waals surface area contributed by atoms with Crippen LogP contribution in [-0.4, -0.2) is 44.3 Å². The first-order valence-corrected chi connectivity index (χ1v) is 7.34. The molecule has 0 bridgehead atoms. The van der Waals surface area contributed by atoms with Crippen LogP contribution in [0.3, 0.4) is 0 Å². The Bertz CT molecular complexity index is 1260. The molecular formula is C15H9N9O. The van der Waals surface area contributed by atoms with E-state index in [2.05, 4.69) is 35.2 Å². The number of rotatable bonds is 2. The van der Waals surface area contributed by atoms with Crippen LogP contribution in [-0.2, 0) is 0 Å². The van der Waals surface area contributed by atoms with Crippen molar-refractivity contribution in [2.24, 2.45) is 0 Å². The SMILES string of the molecule is O=c1c2cnc3nc(-c4cccnc4)nn3c2ccn1-c1ncn[nH]1. The second-order valence-electron chi connectivity index (χ2n) is 5.25. The van der Waals surface area contributed by atoms with Crippen molar-refractivity contribution in [3.05, 3.63) is 59.7 Å². The van der Waals surface area contributed by atoms with E-state index in [-0.39, 0.29) is 5.56 Å². The topological polar surface area (TPSA) is 120 Å². The van der Waals surface area contributed by atoms with Gasteiger partial charge in [0.1, 0.15) is 6.33 Å². The minimum atomic E-state index is -0.276. The molecule has 0 unspecified atom stereocenters. The molecule has 0 aliphatic rings. The Morgan fingerprint density at radius 3 is 2.88 bits per heavy atom. The van der Waals surface area contributed by atoms with Crippen molar-refractivity contribution in [2.75, 3.05) is 0 Å². The molecule has 0 radical (unpaired) electrons. The van der Waals surface area contributed by atoms with Gasteiger partial charge in [0.15, 0.2) is 5.82 Å². The van der Waals surface area contributed by atoms with Crippen LogP contribution in [0.15, 0.2) is 54.1 Å². The zero-order valence-electron chi connectivity index (χ0n) is 12.6. The molecule has 120 valence electrons. The summed E-state index contributed by atoms with van der Waals surface area (Å²) in [5.41, 5.74) is 1.10. The van der Waals surface area contributed by atoms with Gasteiger partial charge in [-0.2, -0.15) is 19.6 Å². The first-order chi connectivity index (χ1) is 12.3. The van der Waals surface area contributed by atoms with Crippen LogP contribution >= 0.6 is 0 Å². The summed E-state index contributed by atoms with van der Waals surface area (Å²) in [6.07, 6.45) is 7.79. The van der Waals surface area contributed by atoms with Gasteiger partial charge >= 0.3 is 0 Å². The molecule has 0 aliphatic heterocycles. The molecule has 10 nitrogen and oxygen atoms in total. The van der Waals surface area contributed by atoms with Crippen molar-refractivity contribution in [3.8, 4) is 17.3 Å². The molecule has 1 N–H and O–H groups in total. The van der Waals surface area contributed by atoms with Crippen LogP contribution < -0.4 is 5.56 Å². The number of aromatic nitrogens is 9. The Morgan fingerprint density at radius 2 is 2.08 bits per heavy atom. The maximum atomic E-state index is 12.7. The van der Waals surface area contributed by atoms with E-state index in [0.29, 0.717) is 28.5 Å². The third-order valence-electron chi connectivity index (χ3n) is 3.78. The monoisotopic (exact) mass is 331 g/mol. The maximum absolute atomic E-state index is 12.7. The molecule has 0 atom stereocenters. The Hall–Kier alpha value is -3.95. The predicted octanol–water partition coefficient (Wildman–Crippen LogP) is 0.608. The van der Waals surface area contributed by atoms with Crippen molar-refractivity contribution in [1.82, 2.24) is 44.3 Å². The van der Waals surface area contributed by atoms with Crippen LogP contribution in [0.1, 0.15) is 0 Å². The Balaban J connectivity index is 1.77. The quantitative estimate of drug-likeness (QED) is 0.503. The molecule has 10 heteroatoms. The Kier molecular flexibility index (Phi) is 2.71. The van der Waals surface area contributed by atoms with E-state index < -0.39 is 0 Å². The molecule has 5 aromatic rings. The number of hydrogen-bond acceptors (Lipinski definition) is 7. The molecule has 5 aromatic heterocycles. The molecule has 0 spiro atoms. The number of fused-ring (bicyclic) bond motifs is 3. The molecular weight excluding hydrogens is 322 g/mol. The average molecular weight is 331 g/mol. The lowest BCUT2D eigenvalue weighted by atomic mass is 10.3. The van der Waals surface area contributed by atoms with Gasteiger partial charge in [-0.15, -0.1) is 5.10 Å². The minimum absolute atomic E-state index is 0.276. The van der Waals surface area contributed by atoms with Gasteiger partial charge in [0.05, 0.1) is 10.9 Å². The van der Waals surface area contributed by atoms with Gasteiger partial charge in [-0.3, -0.25) is 14.3 Å². The van der Waals surface area contributed by atoms with Crippen LogP contribution in [0.4, 0.5) is 0 Å². The third kappa shape index (κ3) is 2.01. The van der Waals surface area contributed by atoms with Gasteiger partial charge in [-0.1, -0.05) is 0 Å². The lowest BCUT2D eigenvalue weighted by Gasteiger charge is -2.03. The number of nitrogens with one attached hydrogen (secondary N) is 1. The van der Waals surface area contributed by atoms with E-state index >= 15 is 0 Å². The van der Waals surface area contributed by atoms with Gasteiger partial charge in [0.2, 0.25) is 5.95 Å². The fourth-order valence-electron chi connectivity index (χ4n) is 2.62. The standard InChI is InChI=1S/C15H9N9O/c25-13-10-7-17-14-20-12(9-2-1-4-16-6-9)22-24(14)11(10)3-5-23(13)15-18-8-19-21-15/h1-8H,(H,18,19,21). The highest BCUT2D eigenvalue weighted by molar-refractivity contribution is 5.79. The summed E-state index contributed by atoms with van der Waals surface area (Å²) in [4.78, 5) is 29.4. The van der Waals surface area contributed by atoms with Gasteiger partial charge < -0.3 is 0 Å². The van der Waals surface area contributed by atoms with Gasteiger partial charge in [-0.25, -0.2) is 10.1 Å². The summed E-state index contributed by atoms with van der Waals surface area (Å²) < 4.78 is 2.91. The van der Waals surface area contributed by atoms with Crippen molar-refractivity contribution in [3.63, 3.8) is 0 Å². The molecule has 0 aromatic carbocycles. The van der Waals surface area contributed by atoms with E-state index in [0.717, 1.165) is 5.56 Å². The number of H-pyrrole nitrogens is 1. The smallest absolute Gasteiger partial charge is 0.268 e. The van der Waals surface area contributed by atoms with Crippen LogP contribution in [0.5, 0.6) is 0 Å². The lowest BCUT2D eigenvalue weighted by Crippen LogP contribution is -2.19. The fraction of sp³-hybridized carbons (Fsp3) is 0. The highest BCUT2D eigenvalue weighted by Crippen LogP contribution is 2.17. The van der Waals surface area contributed by atoms with E-state index in [9.17, 15) is 4.79 Å². The average Bonchev–Trinajstić information content (AvgIpc) is 3.32. The number of aromatic amines is 1. The second-order valence-corrected chi connectivity index (χ2v) is 5.25. The number of pyridine rings is 2. The summed E-state index contributed by atoms with van der Waals surface area (Å²) in [6.45, 7) is 0. The summed E-state index contributed by atoms with van der Waals surface area (Å²) in [5, 5.41) is 11.3. The minimum Gasteiger partial charge on any atom is -0.268 e. The van der Waals surface area contributed by atoms with Crippen LogP contribution in [0, 0.1) is 0 Å². The van der Waals surface area contributed by atoms with Crippen LogP contribution in [0.25, 0.3) is 34.0 Å². The molecule has 5 heterocycles. The van der Waals surface area contributed by atoms with Gasteiger partial charge in [-0.05, 0) is 18.2 Å². The molecule has 0 saturated carbocycles. The van der Waals surface area contributed by atoms with Crippen molar-refractivity contribution >= 4 is 16.7 Å². The Morgan fingerprint density at radius 1 is 1.12 bits per heavy atom. The van der Waals surface area contributed by atoms with E-state index in [1.807, 2.05) is 12.1 Å². The fourth-order valence-corrected chi connectivity index (χ4v) is 2.62. The van der Waals surface area contributed by atoms with E-state index in [1.165, 1.54) is 17.1 Å². The number of hydrogen-bond donors (Lipinski definition) is 1. The molecule has 0 aliphatic carbocycles. The van der Waals surface area contributed by atoms with Crippen molar-refractivity contribution in [2.45, 2.75) is 0 Å². The second kappa shape index (κ2) is 5.03. The Labute approximate surface area is 138 Å². The summed E-state index contributed by atoms with van der Waals surface area (Å²) in [7, 11) is 0. The summed E-state index contributed by atoms with van der Waals surface area (Å²) in [5.74, 6) is 1.23. The van der Waals surface area contributed by atoms with Gasteiger partial charge in [0.25, 0.3) is 11.3 Å². The first-order valence-electron chi connectivity index (χ1n) is 7.34. The maximum Gasteiger partial charge on any atom is 0.268 e. The van der Waals surface area contributed by atoms with E-state index in [4.69, 9.17) is 0 Å². The van der Waals surface area contributed by atoms with E-state index in [1.54, 1.807) is 29.2 Å².